The Morgan fingerprint density at radius 2 is 1.55 bits per heavy atom. The Morgan fingerprint density at radius 3 is 2.10 bits per heavy atom. The maximum atomic E-state index is 6.44. The molecule has 0 spiro atoms. The zero-order valence-corrected chi connectivity index (χ0v) is 12.8. The molecule has 2 aromatic carbocycles. The van der Waals surface area contributed by atoms with Crippen LogP contribution < -0.4 is 11.5 Å². The number of nitrogens with two attached hydrogens (primary N) is 2. The summed E-state index contributed by atoms with van der Waals surface area (Å²) in [5.41, 5.74) is 17.9. The van der Waals surface area contributed by atoms with E-state index in [1.165, 1.54) is 16.7 Å². The monoisotopic (exact) mass is 268 g/mol. The van der Waals surface area contributed by atoms with Gasteiger partial charge in [-0.15, -0.1) is 0 Å². The van der Waals surface area contributed by atoms with E-state index in [4.69, 9.17) is 11.5 Å². The minimum atomic E-state index is -0.113. The first-order valence-corrected chi connectivity index (χ1v) is 7.01. The van der Waals surface area contributed by atoms with Crippen molar-refractivity contribution in [3.8, 4) is 0 Å². The molecule has 0 radical (unpaired) electrons. The van der Waals surface area contributed by atoms with E-state index >= 15 is 0 Å². The topological polar surface area (TPSA) is 52.0 Å². The Bertz CT molecular complexity index is 592. The van der Waals surface area contributed by atoms with Gasteiger partial charge >= 0.3 is 0 Å². The number of benzene rings is 2. The zero-order chi connectivity index (χ0) is 14.9. The van der Waals surface area contributed by atoms with Crippen LogP contribution in [0.3, 0.4) is 0 Å². The first kappa shape index (κ1) is 14.6. The van der Waals surface area contributed by atoms with Crippen LogP contribution in [0.4, 0.5) is 5.69 Å². The van der Waals surface area contributed by atoms with Gasteiger partial charge in [0, 0.05) is 5.69 Å². The van der Waals surface area contributed by atoms with Crippen molar-refractivity contribution >= 4 is 5.69 Å². The average molecular weight is 268 g/mol. The highest BCUT2D eigenvalue weighted by atomic mass is 14.6. The molecule has 0 bridgehead atoms. The van der Waals surface area contributed by atoms with Gasteiger partial charge in [-0.05, 0) is 46.7 Å². The summed E-state index contributed by atoms with van der Waals surface area (Å²) < 4.78 is 0. The van der Waals surface area contributed by atoms with Crippen LogP contribution in [0.1, 0.15) is 49.1 Å². The summed E-state index contributed by atoms with van der Waals surface area (Å²) in [6, 6.07) is 14.3. The van der Waals surface area contributed by atoms with Crippen molar-refractivity contribution in [3.05, 3.63) is 64.7 Å². The van der Waals surface area contributed by atoms with Gasteiger partial charge in [0.15, 0.2) is 0 Å². The number of hydrogen-bond acceptors (Lipinski definition) is 2. The Kier molecular flexibility index (Phi) is 3.87. The molecule has 0 saturated carbocycles. The second kappa shape index (κ2) is 5.29. The van der Waals surface area contributed by atoms with Crippen LogP contribution in [0.25, 0.3) is 0 Å². The van der Waals surface area contributed by atoms with E-state index in [1.54, 1.807) is 0 Å². The van der Waals surface area contributed by atoms with Crippen LogP contribution in [-0.2, 0) is 5.41 Å². The number of aryl methyl sites for hydroxylation is 1. The number of rotatable bonds is 2. The van der Waals surface area contributed by atoms with Gasteiger partial charge in [0.05, 0.1) is 6.04 Å². The van der Waals surface area contributed by atoms with E-state index in [9.17, 15) is 0 Å². The van der Waals surface area contributed by atoms with Crippen LogP contribution in [0, 0.1) is 6.92 Å². The molecule has 1 unspecified atom stereocenters. The van der Waals surface area contributed by atoms with Crippen LogP contribution in [0.15, 0.2) is 42.5 Å². The number of hydrogen-bond donors (Lipinski definition) is 2. The molecule has 0 aliphatic carbocycles. The highest BCUT2D eigenvalue weighted by Crippen LogP contribution is 2.29. The quantitative estimate of drug-likeness (QED) is 0.811. The maximum absolute atomic E-state index is 6.44. The summed E-state index contributed by atoms with van der Waals surface area (Å²) in [6.07, 6.45) is 0. The van der Waals surface area contributed by atoms with Crippen molar-refractivity contribution in [2.45, 2.75) is 39.2 Å². The molecule has 2 rings (SSSR count). The van der Waals surface area contributed by atoms with Crippen molar-refractivity contribution in [1.29, 1.82) is 0 Å². The molecular weight excluding hydrogens is 244 g/mol. The molecule has 106 valence electrons. The summed E-state index contributed by atoms with van der Waals surface area (Å²) in [7, 11) is 0. The Labute approximate surface area is 121 Å². The molecule has 0 heterocycles. The summed E-state index contributed by atoms with van der Waals surface area (Å²) >= 11 is 0. The van der Waals surface area contributed by atoms with E-state index in [1.807, 2.05) is 24.3 Å². The van der Waals surface area contributed by atoms with Crippen molar-refractivity contribution in [2.75, 3.05) is 5.73 Å². The highest BCUT2D eigenvalue weighted by Gasteiger charge is 2.18. The van der Waals surface area contributed by atoms with Crippen LogP contribution in [0.2, 0.25) is 0 Å². The van der Waals surface area contributed by atoms with Gasteiger partial charge in [-0.1, -0.05) is 51.1 Å². The molecule has 0 aromatic heterocycles. The molecule has 0 aliphatic rings. The fourth-order valence-electron chi connectivity index (χ4n) is 2.32. The smallest absolute Gasteiger partial charge is 0.0554 e. The van der Waals surface area contributed by atoms with Gasteiger partial charge in [0.1, 0.15) is 0 Å². The van der Waals surface area contributed by atoms with Gasteiger partial charge in [-0.25, -0.2) is 0 Å². The van der Waals surface area contributed by atoms with Crippen molar-refractivity contribution in [3.63, 3.8) is 0 Å². The SMILES string of the molecule is Cc1ccc(C(C)(C)C)cc1C(N)c1ccc(N)cc1. The zero-order valence-electron chi connectivity index (χ0n) is 12.8. The fraction of sp³-hybridized carbons (Fsp3) is 0.333. The lowest BCUT2D eigenvalue weighted by molar-refractivity contribution is 0.588. The molecule has 0 fully saturated rings. The minimum absolute atomic E-state index is 0.113. The highest BCUT2D eigenvalue weighted by molar-refractivity contribution is 5.45. The predicted molar refractivity (Wildman–Crippen MR) is 86.8 cm³/mol. The lowest BCUT2D eigenvalue weighted by Crippen LogP contribution is -2.17. The van der Waals surface area contributed by atoms with Gasteiger partial charge in [-0.3, -0.25) is 0 Å². The van der Waals surface area contributed by atoms with Gasteiger partial charge in [0.25, 0.3) is 0 Å². The van der Waals surface area contributed by atoms with E-state index in [0.717, 1.165) is 11.3 Å². The first-order valence-electron chi connectivity index (χ1n) is 7.01. The molecule has 4 N–H and O–H groups in total. The lowest BCUT2D eigenvalue weighted by atomic mass is 9.83. The molecule has 2 nitrogen and oxygen atoms in total. The minimum Gasteiger partial charge on any atom is -0.399 e. The maximum Gasteiger partial charge on any atom is 0.0554 e. The third kappa shape index (κ3) is 3.02. The van der Waals surface area contributed by atoms with Crippen LogP contribution in [-0.4, -0.2) is 0 Å². The number of nitrogen functional groups attached to an aromatic ring is 1. The third-order valence-electron chi connectivity index (χ3n) is 3.78. The Balaban J connectivity index is 2.43. The molecular formula is C18H24N2. The molecule has 20 heavy (non-hydrogen) atoms. The second-order valence-corrected chi connectivity index (χ2v) is 6.47. The molecule has 1 atom stereocenters. The summed E-state index contributed by atoms with van der Waals surface area (Å²) in [4.78, 5) is 0. The predicted octanol–water partition coefficient (Wildman–Crippen LogP) is 3.92. The molecule has 2 aromatic rings. The van der Waals surface area contributed by atoms with Gasteiger partial charge in [0.2, 0.25) is 0 Å². The summed E-state index contributed by atoms with van der Waals surface area (Å²) in [5.74, 6) is 0. The summed E-state index contributed by atoms with van der Waals surface area (Å²) in [6.45, 7) is 8.77. The first-order chi connectivity index (χ1) is 9.29. The molecule has 2 heteroatoms. The standard InChI is InChI=1S/C18H24N2/c1-12-5-8-14(18(2,3)4)11-16(12)17(20)13-6-9-15(19)10-7-13/h5-11,17H,19-20H2,1-4H3. The second-order valence-electron chi connectivity index (χ2n) is 6.47. The van der Waals surface area contributed by atoms with Crippen LogP contribution >= 0.6 is 0 Å². The van der Waals surface area contributed by atoms with E-state index in [-0.39, 0.29) is 11.5 Å². The largest absolute Gasteiger partial charge is 0.399 e. The third-order valence-corrected chi connectivity index (χ3v) is 3.78. The normalized spacial score (nSPS) is 13.2. The van der Waals surface area contributed by atoms with Gasteiger partial charge in [-0.2, -0.15) is 0 Å². The Morgan fingerprint density at radius 1 is 0.950 bits per heavy atom. The van der Waals surface area contributed by atoms with Gasteiger partial charge < -0.3 is 11.5 Å². The van der Waals surface area contributed by atoms with Crippen molar-refractivity contribution in [1.82, 2.24) is 0 Å². The summed E-state index contributed by atoms with van der Waals surface area (Å²) in [5, 5.41) is 0. The van der Waals surface area contributed by atoms with Crippen molar-refractivity contribution < 1.29 is 0 Å². The van der Waals surface area contributed by atoms with Crippen molar-refractivity contribution in [2.24, 2.45) is 5.73 Å². The fourth-order valence-corrected chi connectivity index (χ4v) is 2.32. The number of anilines is 1. The lowest BCUT2D eigenvalue weighted by Gasteiger charge is -2.23. The molecule has 0 amide bonds. The van der Waals surface area contributed by atoms with E-state index in [0.29, 0.717) is 0 Å². The average Bonchev–Trinajstić information content (AvgIpc) is 2.38. The Hall–Kier alpha value is -1.80. The van der Waals surface area contributed by atoms with E-state index < -0.39 is 0 Å². The van der Waals surface area contributed by atoms with E-state index in [2.05, 4.69) is 45.9 Å². The van der Waals surface area contributed by atoms with Crippen LogP contribution in [0.5, 0.6) is 0 Å². The molecule has 0 aliphatic heterocycles. The molecule has 0 saturated heterocycles.